The summed E-state index contributed by atoms with van der Waals surface area (Å²) in [7, 11) is -3.84. The molecule has 0 saturated carbocycles. The third kappa shape index (κ3) is 3.46. The van der Waals surface area contributed by atoms with E-state index in [0.717, 1.165) is 5.56 Å². The first kappa shape index (κ1) is 17.3. The maximum absolute atomic E-state index is 12.6. The fourth-order valence-electron chi connectivity index (χ4n) is 2.76. The van der Waals surface area contributed by atoms with Gasteiger partial charge in [-0.3, -0.25) is 4.79 Å². The number of hydrogen-bond donors (Lipinski definition) is 2. The van der Waals surface area contributed by atoms with Crippen LogP contribution in [0, 0.1) is 0 Å². The number of nitrogens with one attached hydrogen (secondary N) is 1. The molecule has 7 heteroatoms. The van der Waals surface area contributed by atoms with Gasteiger partial charge in [-0.25, -0.2) is 8.42 Å². The first-order valence-electron chi connectivity index (χ1n) is 7.94. The first-order chi connectivity index (χ1) is 11.9. The third-order valence-corrected chi connectivity index (χ3v) is 6.35. The van der Waals surface area contributed by atoms with Crippen molar-refractivity contribution < 1.29 is 23.1 Å². The number of aromatic hydroxyl groups is 1. The van der Waals surface area contributed by atoms with Gasteiger partial charge in [-0.05, 0) is 37.3 Å². The molecule has 0 radical (unpaired) electrons. The van der Waals surface area contributed by atoms with Crippen molar-refractivity contribution >= 4 is 15.7 Å². The van der Waals surface area contributed by atoms with Gasteiger partial charge in [0.05, 0.1) is 17.5 Å². The number of fused-ring (bicyclic) bond motifs is 1. The lowest BCUT2D eigenvalue weighted by Crippen LogP contribution is -2.41. The molecule has 2 N–H and O–H groups in total. The molecule has 1 amide bonds. The predicted molar refractivity (Wildman–Crippen MR) is 92.2 cm³/mol. The minimum Gasteiger partial charge on any atom is -0.508 e. The molecular weight excluding hydrogens is 342 g/mol. The number of sulfone groups is 1. The molecule has 2 atom stereocenters. The second-order valence-corrected chi connectivity index (χ2v) is 8.19. The van der Waals surface area contributed by atoms with Crippen LogP contribution in [0.3, 0.4) is 0 Å². The quantitative estimate of drug-likeness (QED) is 0.871. The number of carbonyl (C=O) groups is 1. The molecule has 25 heavy (non-hydrogen) atoms. The molecule has 0 unspecified atom stereocenters. The van der Waals surface area contributed by atoms with Gasteiger partial charge in [-0.15, -0.1) is 0 Å². The van der Waals surface area contributed by atoms with E-state index in [1.165, 1.54) is 31.2 Å². The zero-order valence-corrected chi connectivity index (χ0v) is 14.5. The molecule has 3 rings (SSSR count). The summed E-state index contributed by atoms with van der Waals surface area (Å²) >= 11 is 0. The first-order valence-corrected chi connectivity index (χ1v) is 9.49. The minimum absolute atomic E-state index is 0.000303. The van der Waals surface area contributed by atoms with Crippen LogP contribution in [0.1, 0.15) is 24.9 Å². The van der Waals surface area contributed by atoms with Gasteiger partial charge in [-0.2, -0.15) is 0 Å². The van der Waals surface area contributed by atoms with Crippen molar-refractivity contribution in [2.75, 3.05) is 6.61 Å². The minimum atomic E-state index is -3.84. The normalized spacial score (nSPS) is 17.9. The molecular formula is C18H19NO5S. The lowest BCUT2D eigenvalue weighted by atomic mass is 10.0. The fourth-order valence-corrected chi connectivity index (χ4v) is 4.04. The second-order valence-electron chi connectivity index (χ2n) is 5.92. The zero-order valence-electron chi connectivity index (χ0n) is 13.7. The van der Waals surface area contributed by atoms with Gasteiger partial charge in [0.15, 0.2) is 9.84 Å². The number of hydrogen-bond acceptors (Lipinski definition) is 5. The summed E-state index contributed by atoms with van der Waals surface area (Å²) in [6.45, 7) is 1.82. The fraction of sp³-hybridized carbons (Fsp3) is 0.278. The molecule has 0 spiro atoms. The number of para-hydroxylation sites is 1. The van der Waals surface area contributed by atoms with Crippen LogP contribution in [0.25, 0.3) is 0 Å². The van der Waals surface area contributed by atoms with Gasteiger partial charge in [-0.1, -0.05) is 18.2 Å². The van der Waals surface area contributed by atoms with E-state index >= 15 is 0 Å². The number of phenols is 1. The highest BCUT2D eigenvalue weighted by molar-refractivity contribution is 7.92. The lowest BCUT2D eigenvalue weighted by molar-refractivity contribution is -0.121. The summed E-state index contributed by atoms with van der Waals surface area (Å²) in [5.41, 5.74) is 0.844. The molecule has 0 aromatic heterocycles. The van der Waals surface area contributed by atoms with E-state index in [9.17, 15) is 18.3 Å². The number of amides is 1. The van der Waals surface area contributed by atoms with Crippen LogP contribution in [0.4, 0.5) is 0 Å². The highest BCUT2D eigenvalue weighted by Crippen LogP contribution is 2.31. The summed E-state index contributed by atoms with van der Waals surface area (Å²) in [5.74, 6) is 0.109. The second kappa shape index (κ2) is 6.76. The van der Waals surface area contributed by atoms with Gasteiger partial charge in [0, 0.05) is 12.0 Å². The predicted octanol–water partition coefficient (Wildman–Crippen LogP) is 2.19. The molecule has 1 heterocycles. The average molecular weight is 361 g/mol. The largest absolute Gasteiger partial charge is 0.508 e. The summed E-state index contributed by atoms with van der Waals surface area (Å²) in [6, 6.07) is 12.2. The Morgan fingerprint density at radius 2 is 1.88 bits per heavy atom. The van der Waals surface area contributed by atoms with Gasteiger partial charge in [0.25, 0.3) is 0 Å². The number of phenolic OH excluding ortho intramolecular Hbond substituents is 1. The van der Waals surface area contributed by atoms with Gasteiger partial charge >= 0.3 is 0 Å². The van der Waals surface area contributed by atoms with Crippen LogP contribution in [-0.4, -0.2) is 31.3 Å². The molecule has 0 bridgehead atoms. The summed E-state index contributed by atoms with van der Waals surface area (Å²) in [5, 5.41) is 10.9. The van der Waals surface area contributed by atoms with Gasteiger partial charge in [0.2, 0.25) is 5.91 Å². The van der Waals surface area contributed by atoms with Crippen LogP contribution in [0.5, 0.6) is 11.5 Å². The Kier molecular flexibility index (Phi) is 4.67. The van der Waals surface area contributed by atoms with Gasteiger partial charge < -0.3 is 15.2 Å². The van der Waals surface area contributed by atoms with E-state index in [4.69, 9.17) is 4.74 Å². The molecule has 6 nitrogen and oxygen atoms in total. The van der Waals surface area contributed by atoms with Crippen LogP contribution < -0.4 is 10.1 Å². The van der Waals surface area contributed by atoms with E-state index in [-0.39, 0.29) is 16.7 Å². The Morgan fingerprint density at radius 1 is 1.20 bits per heavy atom. The SMILES string of the molecule is C[C@@H](C(=O)N[C@H]1CCOc2ccccc21)S(=O)(=O)c1ccc(O)cc1. The molecule has 1 aliphatic heterocycles. The van der Waals surface area contributed by atoms with E-state index in [2.05, 4.69) is 5.32 Å². The number of rotatable bonds is 4. The average Bonchev–Trinajstić information content (AvgIpc) is 2.61. The van der Waals surface area contributed by atoms with Crippen molar-refractivity contribution in [1.29, 1.82) is 0 Å². The van der Waals surface area contributed by atoms with Crippen molar-refractivity contribution in [3.63, 3.8) is 0 Å². The van der Waals surface area contributed by atoms with Gasteiger partial charge in [0.1, 0.15) is 16.7 Å². The number of ether oxygens (including phenoxy) is 1. The van der Waals surface area contributed by atoms with Crippen molar-refractivity contribution in [2.24, 2.45) is 0 Å². The highest BCUT2D eigenvalue weighted by atomic mass is 32.2. The molecule has 2 aromatic carbocycles. The lowest BCUT2D eigenvalue weighted by Gasteiger charge is -2.27. The highest BCUT2D eigenvalue weighted by Gasteiger charge is 2.32. The summed E-state index contributed by atoms with van der Waals surface area (Å²) in [6.07, 6.45) is 0.578. The van der Waals surface area contributed by atoms with Crippen LogP contribution in [-0.2, 0) is 14.6 Å². The maximum atomic E-state index is 12.6. The Balaban J connectivity index is 1.78. The Bertz CT molecular complexity index is 877. The molecule has 0 saturated heterocycles. The zero-order chi connectivity index (χ0) is 18.0. The molecule has 2 aromatic rings. The Hall–Kier alpha value is -2.54. The Morgan fingerprint density at radius 3 is 2.60 bits per heavy atom. The topological polar surface area (TPSA) is 92.7 Å². The summed E-state index contributed by atoms with van der Waals surface area (Å²) < 4.78 is 30.8. The standard InChI is InChI=1S/C18H19NO5S/c1-12(25(22,23)14-8-6-13(20)7-9-14)18(21)19-16-10-11-24-17-5-3-2-4-15(16)17/h2-9,12,16,20H,10-11H2,1H3,(H,19,21)/t12-,16-/m0/s1. The monoisotopic (exact) mass is 361 g/mol. The van der Waals surface area contributed by atoms with Crippen LogP contribution >= 0.6 is 0 Å². The molecule has 0 fully saturated rings. The summed E-state index contributed by atoms with van der Waals surface area (Å²) in [4.78, 5) is 12.5. The smallest absolute Gasteiger partial charge is 0.238 e. The number of carbonyl (C=O) groups excluding carboxylic acids is 1. The third-order valence-electron chi connectivity index (χ3n) is 4.27. The van der Waals surface area contributed by atoms with Crippen molar-refractivity contribution in [2.45, 2.75) is 29.5 Å². The van der Waals surface area contributed by atoms with Crippen molar-refractivity contribution in [3.8, 4) is 11.5 Å². The number of benzene rings is 2. The Labute approximate surface area is 146 Å². The van der Waals surface area contributed by atoms with Crippen molar-refractivity contribution in [1.82, 2.24) is 5.32 Å². The molecule has 1 aliphatic rings. The van der Waals surface area contributed by atoms with Crippen LogP contribution in [0.2, 0.25) is 0 Å². The van der Waals surface area contributed by atoms with E-state index in [0.29, 0.717) is 18.8 Å². The van der Waals surface area contributed by atoms with Crippen molar-refractivity contribution in [3.05, 3.63) is 54.1 Å². The molecule has 132 valence electrons. The van der Waals surface area contributed by atoms with E-state index in [1.807, 2.05) is 24.3 Å². The van der Waals surface area contributed by atoms with Crippen LogP contribution in [0.15, 0.2) is 53.4 Å². The van der Waals surface area contributed by atoms with E-state index < -0.39 is 21.0 Å². The van der Waals surface area contributed by atoms with E-state index in [1.54, 1.807) is 0 Å². The maximum Gasteiger partial charge on any atom is 0.238 e. The molecule has 0 aliphatic carbocycles.